The van der Waals surface area contributed by atoms with Gasteiger partial charge >= 0.3 is 0 Å². The number of pyridine rings is 1. The third-order valence-electron chi connectivity index (χ3n) is 2.40. The zero-order valence-electron chi connectivity index (χ0n) is 10.7. The Labute approximate surface area is 126 Å². The number of terminal acetylenes is 1. The molecule has 2 aromatic rings. The standard InChI is InChI=1S/C14H13N3OS2/c1-2-9-17(14-16-8-11-20-14)13(18)6-10-19-12-5-3-4-7-15-12/h1,3-5,7-8,11H,6,9-10H2. The van der Waals surface area contributed by atoms with E-state index in [4.69, 9.17) is 6.42 Å². The third-order valence-corrected chi connectivity index (χ3v) is 4.14. The van der Waals surface area contributed by atoms with Crippen molar-refractivity contribution in [3.8, 4) is 12.3 Å². The number of hydrogen-bond donors (Lipinski definition) is 0. The maximum absolute atomic E-state index is 12.2. The molecule has 102 valence electrons. The second kappa shape index (κ2) is 7.68. The summed E-state index contributed by atoms with van der Waals surface area (Å²) in [5, 5.41) is 3.39. The molecule has 6 heteroatoms. The fourth-order valence-electron chi connectivity index (χ4n) is 1.51. The Kier molecular flexibility index (Phi) is 5.59. The summed E-state index contributed by atoms with van der Waals surface area (Å²) in [6.07, 6.45) is 9.12. The highest BCUT2D eigenvalue weighted by molar-refractivity contribution is 7.99. The lowest BCUT2D eigenvalue weighted by atomic mass is 10.4. The van der Waals surface area contributed by atoms with Gasteiger partial charge in [0.05, 0.1) is 11.6 Å². The number of thiazole rings is 1. The van der Waals surface area contributed by atoms with Crippen molar-refractivity contribution in [2.75, 3.05) is 17.2 Å². The topological polar surface area (TPSA) is 46.1 Å². The van der Waals surface area contributed by atoms with E-state index in [0.29, 0.717) is 17.3 Å². The first-order valence-corrected chi connectivity index (χ1v) is 7.85. The zero-order valence-corrected chi connectivity index (χ0v) is 12.4. The van der Waals surface area contributed by atoms with Crippen molar-refractivity contribution in [1.29, 1.82) is 0 Å². The largest absolute Gasteiger partial charge is 0.276 e. The van der Waals surface area contributed by atoms with Crippen LogP contribution in [0.2, 0.25) is 0 Å². The zero-order chi connectivity index (χ0) is 14.2. The highest BCUT2D eigenvalue weighted by Gasteiger charge is 2.16. The van der Waals surface area contributed by atoms with Crippen molar-refractivity contribution in [1.82, 2.24) is 9.97 Å². The molecule has 0 atom stereocenters. The van der Waals surface area contributed by atoms with Crippen molar-refractivity contribution in [3.63, 3.8) is 0 Å². The van der Waals surface area contributed by atoms with Crippen LogP contribution in [0.4, 0.5) is 5.13 Å². The molecule has 0 radical (unpaired) electrons. The van der Waals surface area contributed by atoms with E-state index in [2.05, 4.69) is 15.9 Å². The van der Waals surface area contributed by atoms with E-state index in [9.17, 15) is 4.79 Å². The molecule has 0 aliphatic carbocycles. The molecule has 0 spiro atoms. The molecule has 20 heavy (non-hydrogen) atoms. The van der Waals surface area contributed by atoms with Crippen molar-refractivity contribution in [3.05, 3.63) is 36.0 Å². The number of carbonyl (C=O) groups is 1. The van der Waals surface area contributed by atoms with Gasteiger partial charge in [0.1, 0.15) is 0 Å². The van der Waals surface area contributed by atoms with E-state index in [1.165, 1.54) is 11.3 Å². The van der Waals surface area contributed by atoms with Gasteiger partial charge in [0.2, 0.25) is 5.91 Å². The fourth-order valence-corrected chi connectivity index (χ4v) is 2.97. The van der Waals surface area contributed by atoms with Gasteiger partial charge in [-0.2, -0.15) is 0 Å². The molecular weight excluding hydrogens is 290 g/mol. The molecule has 2 heterocycles. The Bertz CT molecular complexity index is 578. The SMILES string of the molecule is C#CCN(C(=O)CCSc1ccccn1)c1nccs1. The van der Waals surface area contributed by atoms with Gasteiger partial charge in [-0.15, -0.1) is 29.5 Å². The molecule has 2 rings (SSSR count). The minimum Gasteiger partial charge on any atom is -0.276 e. The van der Waals surface area contributed by atoms with E-state index in [0.717, 1.165) is 5.03 Å². The summed E-state index contributed by atoms with van der Waals surface area (Å²) in [4.78, 5) is 22.1. The second-order valence-electron chi connectivity index (χ2n) is 3.77. The molecule has 0 aromatic carbocycles. The van der Waals surface area contributed by atoms with Crippen LogP contribution in [0.25, 0.3) is 0 Å². The summed E-state index contributed by atoms with van der Waals surface area (Å²) in [5.41, 5.74) is 0. The quantitative estimate of drug-likeness (QED) is 0.608. The molecule has 4 nitrogen and oxygen atoms in total. The van der Waals surface area contributed by atoms with Gasteiger partial charge in [0, 0.05) is 29.9 Å². The van der Waals surface area contributed by atoms with Crippen LogP contribution < -0.4 is 4.90 Å². The van der Waals surface area contributed by atoms with Gasteiger partial charge in [-0.3, -0.25) is 9.69 Å². The number of hydrogen-bond acceptors (Lipinski definition) is 5. The molecule has 0 N–H and O–H groups in total. The Hall–Kier alpha value is -1.84. The molecule has 0 bridgehead atoms. The summed E-state index contributed by atoms with van der Waals surface area (Å²) in [6.45, 7) is 0.251. The lowest BCUT2D eigenvalue weighted by molar-refractivity contribution is -0.118. The molecule has 0 saturated heterocycles. The minimum absolute atomic E-state index is 0.0127. The molecule has 1 amide bonds. The number of thioether (sulfide) groups is 1. The predicted octanol–water partition coefficient (Wildman–Crippen LogP) is 2.69. The van der Waals surface area contributed by atoms with E-state index in [1.54, 1.807) is 29.1 Å². The van der Waals surface area contributed by atoms with E-state index < -0.39 is 0 Å². The van der Waals surface area contributed by atoms with E-state index in [-0.39, 0.29) is 12.5 Å². The number of amides is 1. The first-order valence-electron chi connectivity index (χ1n) is 5.98. The minimum atomic E-state index is -0.0127. The average Bonchev–Trinajstić information content (AvgIpc) is 2.99. The summed E-state index contributed by atoms with van der Waals surface area (Å²) >= 11 is 2.96. The Morgan fingerprint density at radius 2 is 2.30 bits per heavy atom. The van der Waals surface area contributed by atoms with Gasteiger partial charge in [0.15, 0.2) is 5.13 Å². The highest BCUT2D eigenvalue weighted by atomic mass is 32.2. The van der Waals surface area contributed by atoms with Crippen molar-refractivity contribution < 1.29 is 4.79 Å². The summed E-state index contributed by atoms with van der Waals surface area (Å²) in [6, 6.07) is 5.72. The van der Waals surface area contributed by atoms with Crippen molar-refractivity contribution in [2.45, 2.75) is 11.4 Å². The number of carbonyl (C=O) groups excluding carboxylic acids is 1. The molecule has 0 unspecified atom stereocenters. The monoisotopic (exact) mass is 303 g/mol. The maximum atomic E-state index is 12.2. The number of rotatable bonds is 6. The van der Waals surface area contributed by atoms with E-state index in [1.807, 2.05) is 23.6 Å². The maximum Gasteiger partial charge on any atom is 0.230 e. The molecule has 0 saturated carbocycles. The molecule has 0 aliphatic rings. The molecule has 0 aliphatic heterocycles. The van der Waals surface area contributed by atoms with Crippen LogP contribution in [0.5, 0.6) is 0 Å². The van der Waals surface area contributed by atoms with Gasteiger partial charge in [-0.25, -0.2) is 9.97 Å². The first kappa shape index (κ1) is 14.6. The van der Waals surface area contributed by atoms with Crippen LogP contribution in [0.3, 0.4) is 0 Å². The van der Waals surface area contributed by atoms with Crippen LogP contribution in [0, 0.1) is 12.3 Å². The molecule has 0 fully saturated rings. The van der Waals surface area contributed by atoms with Crippen LogP contribution >= 0.6 is 23.1 Å². The van der Waals surface area contributed by atoms with Gasteiger partial charge < -0.3 is 0 Å². The third kappa shape index (κ3) is 4.08. The number of aromatic nitrogens is 2. The number of anilines is 1. The lowest BCUT2D eigenvalue weighted by Gasteiger charge is -2.16. The van der Waals surface area contributed by atoms with Crippen LogP contribution in [-0.2, 0) is 4.79 Å². The second-order valence-corrected chi connectivity index (χ2v) is 5.75. The van der Waals surface area contributed by atoms with Crippen molar-refractivity contribution >= 4 is 34.1 Å². The van der Waals surface area contributed by atoms with Crippen LogP contribution in [0.15, 0.2) is 41.0 Å². The molecular formula is C14H13N3OS2. The summed E-state index contributed by atoms with van der Waals surface area (Å²) < 4.78 is 0. The first-order chi connectivity index (χ1) is 9.81. The fraction of sp³-hybridized carbons (Fsp3) is 0.214. The van der Waals surface area contributed by atoms with Gasteiger partial charge in [0.25, 0.3) is 0 Å². The van der Waals surface area contributed by atoms with Gasteiger partial charge in [-0.05, 0) is 12.1 Å². The number of nitrogens with zero attached hydrogens (tertiary/aromatic N) is 3. The lowest BCUT2D eigenvalue weighted by Crippen LogP contribution is -2.31. The van der Waals surface area contributed by atoms with Crippen molar-refractivity contribution in [2.24, 2.45) is 0 Å². The van der Waals surface area contributed by atoms with Gasteiger partial charge in [-0.1, -0.05) is 12.0 Å². The normalized spacial score (nSPS) is 9.95. The Morgan fingerprint density at radius 1 is 1.40 bits per heavy atom. The Balaban J connectivity index is 1.88. The van der Waals surface area contributed by atoms with E-state index >= 15 is 0 Å². The highest BCUT2D eigenvalue weighted by Crippen LogP contribution is 2.20. The van der Waals surface area contributed by atoms with Crippen LogP contribution in [0.1, 0.15) is 6.42 Å². The summed E-state index contributed by atoms with van der Waals surface area (Å²) in [7, 11) is 0. The Morgan fingerprint density at radius 3 is 2.95 bits per heavy atom. The van der Waals surface area contributed by atoms with Crippen LogP contribution in [-0.4, -0.2) is 28.2 Å². The average molecular weight is 303 g/mol. The summed E-state index contributed by atoms with van der Waals surface area (Å²) in [5.74, 6) is 3.15. The molecule has 2 aromatic heterocycles. The smallest absolute Gasteiger partial charge is 0.230 e. The predicted molar refractivity (Wildman–Crippen MR) is 82.9 cm³/mol.